The topological polar surface area (TPSA) is 75.2 Å². The minimum absolute atomic E-state index is 0.152. The van der Waals surface area contributed by atoms with Gasteiger partial charge in [0.2, 0.25) is 16.0 Å². The van der Waals surface area contributed by atoms with Gasteiger partial charge in [0.25, 0.3) is 0 Å². The van der Waals surface area contributed by atoms with Crippen LogP contribution in [-0.4, -0.2) is 31.5 Å². The summed E-state index contributed by atoms with van der Waals surface area (Å²) >= 11 is 0. The van der Waals surface area contributed by atoms with E-state index in [-0.39, 0.29) is 11.4 Å². The van der Waals surface area contributed by atoms with Crippen molar-refractivity contribution in [3.63, 3.8) is 0 Å². The second-order valence-electron chi connectivity index (χ2n) is 5.68. The maximum absolute atomic E-state index is 12.3. The summed E-state index contributed by atoms with van der Waals surface area (Å²) in [4.78, 5) is 11.1. The molecule has 2 heterocycles. The Bertz CT molecular complexity index is 769. The summed E-state index contributed by atoms with van der Waals surface area (Å²) < 4.78 is 27.2. The van der Waals surface area contributed by atoms with Gasteiger partial charge in [0.05, 0.1) is 17.1 Å². The van der Waals surface area contributed by atoms with Crippen molar-refractivity contribution >= 4 is 16.0 Å². The highest BCUT2D eigenvalue weighted by atomic mass is 32.2. The van der Waals surface area contributed by atoms with E-state index in [1.54, 1.807) is 36.5 Å². The van der Waals surface area contributed by atoms with Crippen LogP contribution in [0.15, 0.2) is 41.4 Å². The molecule has 7 heteroatoms. The van der Waals surface area contributed by atoms with Crippen molar-refractivity contribution in [1.29, 1.82) is 0 Å². The molecule has 23 heavy (non-hydrogen) atoms. The fourth-order valence-corrected chi connectivity index (χ4v) is 3.52. The van der Waals surface area contributed by atoms with E-state index < -0.39 is 10.0 Å². The van der Waals surface area contributed by atoms with E-state index in [2.05, 4.69) is 19.6 Å². The molecule has 3 rings (SSSR count). The lowest BCUT2D eigenvalue weighted by Crippen LogP contribution is -2.25. The first-order valence-corrected chi connectivity index (χ1v) is 9.16. The van der Waals surface area contributed by atoms with Crippen molar-refractivity contribution in [2.75, 3.05) is 18.0 Å². The average Bonchev–Trinajstić information content (AvgIpc) is 3.08. The minimum atomic E-state index is -3.53. The Morgan fingerprint density at radius 3 is 2.52 bits per heavy atom. The fraction of sp³-hybridized carbons (Fsp3) is 0.375. The number of benzene rings is 1. The van der Waals surface area contributed by atoms with Gasteiger partial charge < -0.3 is 4.90 Å². The van der Waals surface area contributed by atoms with Gasteiger partial charge in [-0.1, -0.05) is 17.7 Å². The number of anilines is 1. The Morgan fingerprint density at radius 2 is 1.83 bits per heavy atom. The molecule has 0 unspecified atom stereocenters. The summed E-state index contributed by atoms with van der Waals surface area (Å²) in [5, 5.41) is 0. The van der Waals surface area contributed by atoms with E-state index >= 15 is 0 Å². The van der Waals surface area contributed by atoms with E-state index in [9.17, 15) is 8.42 Å². The van der Waals surface area contributed by atoms with Crippen LogP contribution in [0.4, 0.5) is 5.95 Å². The molecule has 1 aliphatic heterocycles. The quantitative estimate of drug-likeness (QED) is 0.904. The average molecular weight is 332 g/mol. The number of aryl methyl sites for hydroxylation is 1. The maximum Gasteiger partial charge on any atom is 0.240 e. The molecule has 0 saturated carbocycles. The molecule has 0 atom stereocenters. The third kappa shape index (κ3) is 3.86. The SMILES string of the molecule is Cc1ccc(S(=O)(=O)NCc2ccnc(N3CCCC3)n2)cc1. The lowest BCUT2D eigenvalue weighted by molar-refractivity contribution is 0.580. The fourth-order valence-electron chi connectivity index (χ4n) is 2.52. The first kappa shape index (κ1) is 15.9. The van der Waals surface area contributed by atoms with Crippen molar-refractivity contribution in [2.24, 2.45) is 0 Å². The Kier molecular flexibility index (Phi) is 4.58. The van der Waals surface area contributed by atoms with Gasteiger partial charge in [-0.2, -0.15) is 0 Å². The standard InChI is InChI=1S/C16H20N4O2S/c1-13-4-6-15(7-5-13)23(21,22)18-12-14-8-9-17-16(19-14)20-10-2-3-11-20/h4-9,18H,2-3,10-12H2,1H3. The second kappa shape index (κ2) is 6.64. The number of hydrogen-bond donors (Lipinski definition) is 1. The molecular formula is C16H20N4O2S. The van der Waals surface area contributed by atoms with Gasteiger partial charge in [0, 0.05) is 19.3 Å². The Balaban J connectivity index is 1.70. The number of nitrogens with zero attached hydrogens (tertiary/aromatic N) is 3. The lowest BCUT2D eigenvalue weighted by Gasteiger charge is -2.15. The molecule has 1 aliphatic rings. The van der Waals surface area contributed by atoms with Crippen molar-refractivity contribution in [2.45, 2.75) is 31.2 Å². The molecule has 0 aliphatic carbocycles. The van der Waals surface area contributed by atoms with Crippen molar-refractivity contribution < 1.29 is 8.42 Å². The maximum atomic E-state index is 12.3. The highest BCUT2D eigenvalue weighted by Crippen LogP contribution is 2.15. The summed E-state index contributed by atoms with van der Waals surface area (Å²) in [5.74, 6) is 0.675. The minimum Gasteiger partial charge on any atom is -0.341 e. The normalized spacial score (nSPS) is 15.1. The summed E-state index contributed by atoms with van der Waals surface area (Å²) in [5.41, 5.74) is 1.69. The highest BCUT2D eigenvalue weighted by molar-refractivity contribution is 7.89. The predicted octanol–water partition coefficient (Wildman–Crippen LogP) is 1.86. The largest absolute Gasteiger partial charge is 0.341 e. The van der Waals surface area contributed by atoms with Crippen LogP contribution >= 0.6 is 0 Å². The summed E-state index contributed by atoms with van der Waals surface area (Å²) in [6.07, 6.45) is 3.97. The molecule has 1 fully saturated rings. The summed E-state index contributed by atoms with van der Waals surface area (Å²) in [6.45, 7) is 3.99. The molecule has 1 aromatic heterocycles. The molecule has 0 spiro atoms. The van der Waals surface area contributed by atoms with Gasteiger partial charge in [0.1, 0.15) is 0 Å². The van der Waals surface area contributed by atoms with Crippen molar-refractivity contribution in [3.05, 3.63) is 47.8 Å². The molecule has 122 valence electrons. The van der Waals surface area contributed by atoms with Gasteiger partial charge in [-0.25, -0.2) is 23.1 Å². The second-order valence-corrected chi connectivity index (χ2v) is 7.45. The van der Waals surface area contributed by atoms with Gasteiger partial charge in [-0.15, -0.1) is 0 Å². The van der Waals surface area contributed by atoms with E-state index in [4.69, 9.17) is 0 Å². The van der Waals surface area contributed by atoms with E-state index in [0.717, 1.165) is 31.5 Å². The third-order valence-corrected chi connectivity index (χ3v) is 5.28. The van der Waals surface area contributed by atoms with Crippen molar-refractivity contribution in [1.82, 2.24) is 14.7 Å². The van der Waals surface area contributed by atoms with E-state index in [1.165, 1.54) is 0 Å². The molecular weight excluding hydrogens is 312 g/mol. The number of nitrogens with one attached hydrogen (secondary N) is 1. The Morgan fingerprint density at radius 1 is 1.13 bits per heavy atom. The van der Waals surface area contributed by atoms with Crippen molar-refractivity contribution in [3.8, 4) is 0 Å². The van der Waals surface area contributed by atoms with E-state index in [0.29, 0.717) is 11.6 Å². The summed E-state index contributed by atoms with van der Waals surface area (Å²) in [7, 11) is -3.53. The van der Waals surface area contributed by atoms with Crippen LogP contribution in [-0.2, 0) is 16.6 Å². The number of hydrogen-bond acceptors (Lipinski definition) is 5. The first-order valence-electron chi connectivity index (χ1n) is 7.68. The molecule has 2 aromatic rings. The predicted molar refractivity (Wildman–Crippen MR) is 88.7 cm³/mol. The molecule has 0 radical (unpaired) electrons. The number of aromatic nitrogens is 2. The number of sulfonamides is 1. The van der Waals surface area contributed by atoms with Crippen LogP contribution in [0.1, 0.15) is 24.1 Å². The van der Waals surface area contributed by atoms with Gasteiger partial charge >= 0.3 is 0 Å². The van der Waals surface area contributed by atoms with Gasteiger partial charge in [-0.05, 0) is 38.0 Å². The first-order chi connectivity index (χ1) is 11.0. The molecule has 1 saturated heterocycles. The van der Waals surface area contributed by atoms with Crippen LogP contribution in [0.5, 0.6) is 0 Å². The smallest absolute Gasteiger partial charge is 0.240 e. The monoisotopic (exact) mass is 332 g/mol. The Labute approximate surface area is 136 Å². The zero-order valence-corrected chi connectivity index (χ0v) is 13.9. The Hall–Kier alpha value is -1.99. The van der Waals surface area contributed by atoms with E-state index in [1.807, 2.05) is 6.92 Å². The molecule has 0 bridgehead atoms. The molecule has 6 nitrogen and oxygen atoms in total. The summed E-state index contributed by atoms with van der Waals surface area (Å²) in [6, 6.07) is 8.51. The van der Waals surface area contributed by atoms with Gasteiger partial charge in [-0.3, -0.25) is 0 Å². The third-order valence-electron chi connectivity index (χ3n) is 3.86. The van der Waals surface area contributed by atoms with Crippen LogP contribution in [0.25, 0.3) is 0 Å². The van der Waals surface area contributed by atoms with Crippen LogP contribution < -0.4 is 9.62 Å². The highest BCUT2D eigenvalue weighted by Gasteiger charge is 2.16. The molecule has 1 N–H and O–H groups in total. The van der Waals surface area contributed by atoms with Crippen LogP contribution in [0.3, 0.4) is 0 Å². The number of rotatable bonds is 5. The lowest BCUT2D eigenvalue weighted by atomic mass is 10.2. The molecule has 0 amide bonds. The zero-order chi connectivity index (χ0) is 16.3. The van der Waals surface area contributed by atoms with Gasteiger partial charge in [0.15, 0.2) is 0 Å². The molecule has 1 aromatic carbocycles. The van der Waals surface area contributed by atoms with Crippen LogP contribution in [0, 0.1) is 6.92 Å². The zero-order valence-electron chi connectivity index (χ0n) is 13.1. The van der Waals surface area contributed by atoms with Crippen LogP contribution in [0.2, 0.25) is 0 Å².